The van der Waals surface area contributed by atoms with Gasteiger partial charge in [0.2, 0.25) is 0 Å². The van der Waals surface area contributed by atoms with Crippen molar-refractivity contribution in [3.05, 3.63) is 88.9 Å². The number of unbranched alkanes of at least 4 members (excludes halogenated alkanes) is 1. The Morgan fingerprint density at radius 3 is 2.35 bits per heavy atom. The monoisotopic (exact) mass is 480 g/mol. The van der Waals surface area contributed by atoms with E-state index in [4.69, 9.17) is 25.8 Å². The molecule has 176 valence electrons. The molecule has 0 bridgehead atoms. The molecule has 3 rings (SSSR count). The first kappa shape index (κ1) is 24.8. The van der Waals surface area contributed by atoms with Crippen molar-refractivity contribution in [2.24, 2.45) is 5.10 Å². The highest BCUT2D eigenvalue weighted by molar-refractivity contribution is 6.32. The van der Waals surface area contributed by atoms with E-state index in [1.54, 1.807) is 72.8 Å². The topological polar surface area (TPSA) is 86.2 Å². The average Bonchev–Trinajstić information content (AvgIpc) is 2.85. The Bertz CT molecular complexity index is 1110. The molecule has 1 amide bonds. The van der Waals surface area contributed by atoms with Crippen LogP contribution in [-0.4, -0.2) is 31.3 Å². The van der Waals surface area contributed by atoms with Crippen molar-refractivity contribution < 1.29 is 23.8 Å². The summed E-state index contributed by atoms with van der Waals surface area (Å²) in [6.07, 6.45) is 3.51. The Morgan fingerprint density at radius 2 is 1.65 bits per heavy atom. The first-order chi connectivity index (χ1) is 16.5. The van der Waals surface area contributed by atoms with Gasteiger partial charge < -0.3 is 14.2 Å². The zero-order chi connectivity index (χ0) is 24.2. The minimum Gasteiger partial charge on any atom is -0.494 e. The van der Waals surface area contributed by atoms with Crippen LogP contribution in [0.25, 0.3) is 0 Å². The summed E-state index contributed by atoms with van der Waals surface area (Å²) in [6.45, 7) is 2.53. The molecule has 0 saturated carbocycles. The van der Waals surface area contributed by atoms with Crippen molar-refractivity contribution in [3.8, 4) is 17.2 Å². The van der Waals surface area contributed by atoms with Crippen molar-refractivity contribution in [1.29, 1.82) is 0 Å². The second-order valence-corrected chi connectivity index (χ2v) is 7.60. The molecule has 0 saturated heterocycles. The molecule has 0 fully saturated rings. The normalized spacial score (nSPS) is 10.6. The molecule has 0 aromatic heterocycles. The van der Waals surface area contributed by atoms with Crippen molar-refractivity contribution in [2.75, 3.05) is 13.2 Å². The summed E-state index contributed by atoms with van der Waals surface area (Å²) in [4.78, 5) is 24.2. The van der Waals surface area contributed by atoms with E-state index in [0.717, 1.165) is 18.6 Å². The average molecular weight is 481 g/mol. The predicted octanol–water partition coefficient (Wildman–Crippen LogP) is 5.27. The minimum atomic E-state index is -0.465. The van der Waals surface area contributed by atoms with E-state index in [9.17, 15) is 9.59 Å². The third-order valence-electron chi connectivity index (χ3n) is 4.55. The lowest BCUT2D eigenvalue weighted by atomic mass is 10.2. The Kier molecular flexibility index (Phi) is 9.49. The van der Waals surface area contributed by atoms with Crippen molar-refractivity contribution in [3.63, 3.8) is 0 Å². The number of halogens is 1. The molecule has 0 spiro atoms. The van der Waals surface area contributed by atoms with E-state index in [0.29, 0.717) is 34.3 Å². The van der Waals surface area contributed by atoms with Crippen molar-refractivity contribution in [2.45, 2.75) is 19.8 Å². The molecular formula is C26H25ClN2O5. The zero-order valence-corrected chi connectivity index (χ0v) is 19.5. The lowest BCUT2D eigenvalue weighted by molar-refractivity contribution is -0.123. The maximum atomic E-state index is 12.3. The molecule has 3 aromatic carbocycles. The molecule has 0 radical (unpaired) electrons. The number of ether oxygens (including phenoxy) is 3. The number of carbonyl (C=O) groups is 2. The number of para-hydroxylation sites is 1. The SMILES string of the molecule is CCCCOc1ccc(C(=O)Oc2ccc(C=NNC(=O)COc3ccccc3Cl)cc2)cc1. The van der Waals surface area contributed by atoms with Gasteiger partial charge in [-0.2, -0.15) is 5.10 Å². The number of rotatable bonds is 11. The second-order valence-electron chi connectivity index (χ2n) is 7.20. The van der Waals surface area contributed by atoms with Crippen LogP contribution in [-0.2, 0) is 4.79 Å². The summed E-state index contributed by atoms with van der Waals surface area (Å²) in [5.74, 6) is 0.638. The molecule has 34 heavy (non-hydrogen) atoms. The number of hydrazone groups is 1. The summed E-state index contributed by atoms with van der Waals surface area (Å²) in [5, 5.41) is 4.32. The fraction of sp³-hybridized carbons (Fsp3) is 0.192. The summed E-state index contributed by atoms with van der Waals surface area (Å²) >= 11 is 5.98. The zero-order valence-electron chi connectivity index (χ0n) is 18.7. The second kappa shape index (κ2) is 13.0. The van der Waals surface area contributed by atoms with Gasteiger partial charge in [-0.15, -0.1) is 0 Å². The van der Waals surface area contributed by atoms with E-state index < -0.39 is 11.9 Å². The van der Waals surface area contributed by atoms with E-state index in [-0.39, 0.29) is 6.61 Å². The smallest absolute Gasteiger partial charge is 0.343 e. The van der Waals surface area contributed by atoms with Crippen LogP contribution in [0.2, 0.25) is 5.02 Å². The molecule has 7 nitrogen and oxygen atoms in total. The number of hydrogen-bond donors (Lipinski definition) is 1. The van der Waals surface area contributed by atoms with Gasteiger partial charge in [0.15, 0.2) is 6.61 Å². The molecule has 3 aromatic rings. The lowest BCUT2D eigenvalue weighted by Crippen LogP contribution is -2.24. The third kappa shape index (κ3) is 7.94. The van der Waals surface area contributed by atoms with E-state index in [1.807, 2.05) is 0 Å². The number of hydrogen-bond acceptors (Lipinski definition) is 6. The van der Waals surface area contributed by atoms with Crippen LogP contribution >= 0.6 is 11.6 Å². The van der Waals surface area contributed by atoms with Crippen LogP contribution in [0, 0.1) is 0 Å². The van der Waals surface area contributed by atoms with Gasteiger partial charge in [-0.25, -0.2) is 10.2 Å². The molecule has 0 aliphatic carbocycles. The van der Waals surface area contributed by atoms with Gasteiger partial charge in [-0.3, -0.25) is 4.79 Å². The largest absolute Gasteiger partial charge is 0.494 e. The predicted molar refractivity (Wildman–Crippen MR) is 131 cm³/mol. The standard InChI is InChI=1S/C26H25ClN2O5/c1-2-3-16-32-21-14-10-20(11-15-21)26(31)34-22-12-8-19(9-13-22)17-28-29-25(30)18-33-24-7-5-4-6-23(24)27/h4-15,17H,2-3,16,18H2,1H3,(H,29,30). The van der Waals surface area contributed by atoms with Crippen LogP contribution in [0.15, 0.2) is 77.9 Å². The summed E-state index contributed by atoms with van der Waals surface area (Å²) in [6, 6.07) is 20.4. The molecule has 1 N–H and O–H groups in total. The maximum Gasteiger partial charge on any atom is 0.343 e. The van der Waals surface area contributed by atoms with Crippen molar-refractivity contribution in [1.82, 2.24) is 5.43 Å². The minimum absolute atomic E-state index is 0.220. The van der Waals surface area contributed by atoms with Gasteiger partial charge in [-0.1, -0.05) is 37.1 Å². The Hall–Kier alpha value is -3.84. The highest BCUT2D eigenvalue weighted by atomic mass is 35.5. The lowest BCUT2D eigenvalue weighted by Gasteiger charge is -2.07. The van der Waals surface area contributed by atoms with Crippen LogP contribution in [0.4, 0.5) is 0 Å². The van der Waals surface area contributed by atoms with E-state index in [1.165, 1.54) is 6.21 Å². The number of nitrogens with zero attached hydrogens (tertiary/aromatic N) is 1. The highest BCUT2D eigenvalue weighted by Crippen LogP contribution is 2.22. The molecule has 0 unspecified atom stereocenters. The number of benzene rings is 3. The molecule has 8 heteroatoms. The molecule has 0 atom stereocenters. The fourth-order valence-corrected chi connectivity index (χ4v) is 2.92. The number of nitrogens with one attached hydrogen (secondary N) is 1. The molecule has 0 heterocycles. The molecular weight excluding hydrogens is 456 g/mol. The van der Waals surface area contributed by atoms with Gasteiger partial charge in [0, 0.05) is 0 Å². The number of carbonyl (C=O) groups excluding carboxylic acids is 2. The molecule has 0 aliphatic rings. The number of amides is 1. The van der Waals surface area contributed by atoms with E-state index >= 15 is 0 Å². The Balaban J connectivity index is 1.44. The quantitative estimate of drug-likeness (QED) is 0.133. The molecule has 0 aliphatic heterocycles. The van der Waals surface area contributed by atoms with Gasteiger partial charge in [-0.05, 0) is 72.6 Å². The Labute approximate surface area is 203 Å². The van der Waals surface area contributed by atoms with Gasteiger partial charge in [0.25, 0.3) is 5.91 Å². The van der Waals surface area contributed by atoms with Gasteiger partial charge >= 0.3 is 5.97 Å². The summed E-state index contributed by atoms with van der Waals surface area (Å²) < 4.78 is 16.3. The highest BCUT2D eigenvalue weighted by Gasteiger charge is 2.09. The van der Waals surface area contributed by atoms with Crippen LogP contribution in [0.5, 0.6) is 17.2 Å². The number of esters is 1. The first-order valence-electron chi connectivity index (χ1n) is 10.8. The van der Waals surface area contributed by atoms with Crippen LogP contribution < -0.4 is 19.6 Å². The fourth-order valence-electron chi connectivity index (χ4n) is 2.73. The van der Waals surface area contributed by atoms with Crippen LogP contribution in [0.1, 0.15) is 35.7 Å². The first-order valence-corrected chi connectivity index (χ1v) is 11.2. The van der Waals surface area contributed by atoms with Crippen molar-refractivity contribution >= 4 is 29.7 Å². The summed E-state index contributed by atoms with van der Waals surface area (Å²) in [7, 11) is 0. The van der Waals surface area contributed by atoms with E-state index in [2.05, 4.69) is 17.5 Å². The maximum absolute atomic E-state index is 12.3. The summed E-state index contributed by atoms with van der Waals surface area (Å²) in [5.41, 5.74) is 3.51. The van der Waals surface area contributed by atoms with Crippen LogP contribution in [0.3, 0.4) is 0 Å². The Morgan fingerprint density at radius 1 is 0.941 bits per heavy atom. The van der Waals surface area contributed by atoms with Gasteiger partial charge in [0.1, 0.15) is 17.2 Å². The third-order valence-corrected chi connectivity index (χ3v) is 4.86. The van der Waals surface area contributed by atoms with Gasteiger partial charge in [0.05, 0.1) is 23.4 Å².